The lowest BCUT2D eigenvalue weighted by molar-refractivity contribution is -0.120. The average Bonchev–Trinajstić information content (AvgIpc) is 2.62. The van der Waals surface area contributed by atoms with Gasteiger partial charge in [-0.2, -0.15) is 5.10 Å². The summed E-state index contributed by atoms with van der Waals surface area (Å²) >= 11 is 3.42. The highest BCUT2D eigenvalue weighted by molar-refractivity contribution is 9.10. The molecule has 0 aliphatic rings. The summed E-state index contributed by atoms with van der Waals surface area (Å²) in [6.45, 7) is 0. The van der Waals surface area contributed by atoms with E-state index in [2.05, 4.69) is 26.5 Å². The fourth-order valence-corrected chi connectivity index (χ4v) is 3.16. The molecule has 3 aromatic rings. The first-order valence-electron chi connectivity index (χ1n) is 7.79. The van der Waals surface area contributed by atoms with Gasteiger partial charge >= 0.3 is 0 Å². The van der Waals surface area contributed by atoms with Gasteiger partial charge in [-0.15, -0.1) is 0 Å². The molecule has 0 aromatic heterocycles. The molecule has 0 heterocycles. The predicted octanol–water partition coefficient (Wildman–Crippen LogP) is 4.30. The van der Waals surface area contributed by atoms with Gasteiger partial charge in [-0.25, -0.2) is 5.43 Å². The van der Waals surface area contributed by atoms with Crippen LogP contribution < -0.4 is 10.2 Å². The lowest BCUT2D eigenvalue weighted by Gasteiger charge is -2.06. The number of methoxy groups -OCH3 is 1. The van der Waals surface area contributed by atoms with Crippen molar-refractivity contribution in [3.05, 3.63) is 76.3 Å². The van der Waals surface area contributed by atoms with E-state index < -0.39 is 0 Å². The molecular weight excluding hydrogens is 380 g/mol. The fourth-order valence-electron chi connectivity index (χ4n) is 2.60. The maximum absolute atomic E-state index is 12.2. The van der Waals surface area contributed by atoms with Crippen LogP contribution >= 0.6 is 15.9 Å². The summed E-state index contributed by atoms with van der Waals surface area (Å²) in [5.41, 5.74) is 4.42. The van der Waals surface area contributed by atoms with E-state index in [1.54, 1.807) is 13.3 Å². The van der Waals surface area contributed by atoms with Gasteiger partial charge in [0, 0.05) is 0 Å². The van der Waals surface area contributed by atoms with Crippen LogP contribution in [-0.4, -0.2) is 19.2 Å². The molecule has 0 atom stereocenters. The van der Waals surface area contributed by atoms with E-state index >= 15 is 0 Å². The Kier molecular flexibility index (Phi) is 5.46. The average molecular weight is 397 g/mol. The number of halogens is 1. The molecule has 0 spiro atoms. The van der Waals surface area contributed by atoms with E-state index in [0.717, 1.165) is 32.1 Å². The van der Waals surface area contributed by atoms with Crippen molar-refractivity contribution in [3.63, 3.8) is 0 Å². The third kappa shape index (κ3) is 4.25. The predicted molar refractivity (Wildman–Crippen MR) is 104 cm³/mol. The standard InChI is InChI=1S/C20H17BrN2O2/c1-25-19-10-9-14(11-18(19)21)13-22-23-20(24)12-16-7-4-6-15-5-2-3-8-17(15)16/h2-11,13H,12H2,1H3,(H,23,24)/b22-13+. The van der Waals surface area contributed by atoms with Crippen molar-refractivity contribution in [3.8, 4) is 5.75 Å². The zero-order chi connectivity index (χ0) is 17.6. The Labute approximate surface area is 154 Å². The topological polar surface area (TPSA) is 50.7 Å². The van der Waals surface area contributed by atoms with Crippen LogP contribution in [0.5, 0.6) is 5.75 Å². The second-order valence-corrected chi connectivity index (χ2v) is 6.36. The smallest absolute Gasteiger partial charge is 0.244 e. The van der Waals surface area contributed by atoms with Crippen LogP contribution in [-0.2, 0) is 11.2 Å². The summed E-state index contributed by atoms with van der Waals surface area (Å²) in [5, 5.41) is 6.24. The minimum atomic E-state index is -0.153. The number of nitrogens with zero attached hydrogens (tertiary/aromatic N) is 1. The summed E-state index contributed by atoms with van der Waals surface area (Å²) in [7, 11) is 1.61. The van der Waals surface area contributed by atoms with E-state index in [9.17, 15) is 4.79 Å². The molecule has 0 fully saturated rings. The number of hydrogen-bond donors (Lipinski definition) is 1. The van der Waals surface area contributed by atoms with Gasteiger partial charge in [0.2, 0.25) is 5.91 Å². The number of rotatable bonds is 5. The largest absolute Gasteiger partial charge is 0.496 e. The van der Waals surface area contributed by atoms with Crippen LogP contribution in [0.15, 0.2) is 70.2 Å². The van der Waals surface area contributed by atoms with E-state index in [-0.39, 0.29) is 12.3 Å². The van der Waals surface area contributed by atoms with Gasteiger partial charge in [0.25, 0.3) is 0 Å². The molecule has 3 rings (SSSR count). The van der Waals surface area contributed by atoms with Crippen LogP contribution in [0.2, 0.25) is 0 Å². The van der Waals surface area contributed by atoms with Crippen LogP contribution in [0.1, 0.15) is 11.1 Å². The maximum Gasteiger partial charge on any atom is 0.244 e. The molecule has 25 heavy (non-hydrogen) atoms. The fraction of sp³-hybridized carbons (Fsp3) is 0.100. The summed E-state index contributed by atoms with van der Waals surface area (Å²) in [6, 6.07) is 19.6. The van der Waals surface area contributed by atoms with Gasteiger partial charge in [0.1, 0.15) is 5.75 Å². The number of carbonyl (C=O) groups is 1. The van der Waals surface area contributed by atoms with Crippen molar-refractivity contribution in [2.24, 2.45) is 5.10 Å². The number of benzene rings is 3. The summed E-state index contributed by atoms with van der Waals surface area (Å²) in [5.74, 6) is 0.595. The van der Waals surface area contributed by atoms with Crippen molar-refractivity contribution < 1.29 is 9.53 Å². The molecule has 0 aliphatic heterocycles. The van der Waals surface area contributed by atoms with E-state index in [0.29, 0.717) is 0 Å². The molecule has 126 valence electrons. The Hall–Kier alpha value is -2.66. The number of amides is 1. The highest BCUT2D eigenvalue weighted by Gasteiger charge is 2.06. The third-order valence-corrected chi connectivity index (χ3v) is 4.43. The third-order valence-electron chi connectivity index (χ3n) is 3.81. The van der Waals surface area contributed by atoms with Gasteiger partial charge in [-0.1, -0.05) is 42.5 Å². The zero-order valence-electron chi connectivity index (χ0n) is 13.7. The van der Waals surface area contributed by atoms with Crippen LogP contribution in [0.3, 0.4) is 0 Å². The minimum Gasteiger partial charge on any atom is -0.496 e. The number of hydrazone groups is 1. The van der Waals surface area contributed by atoms with Crippen molar-refractivity contribution in [2.75, 3.05) is 7.11 Å². The van der Waals surface area contributed by atoms with Gasteiger partial charge in [0.15, 0.2) is 0 Å². The number of carbonyl (C=O) groups excluding carboxylic acids is 1. The molecule has 1 N–H and O–H groups in total. The second kappa shape index (κ2) is 7.94. The monoisotopic (exact) mass is 396 g/mol. The Bertz CT molecular complexity index is 933. The number of nitrogens with one attached hydrogen (secondary N) is 1. The quantitative estimate of drug-likeness (QED) is 0.516. The molecule has 0 unspecified atom stereocenters. The molecular formula is C20H17BrN2O2. The highest BCUT2D eigenvalue weighted by atomic mass is 79.9. The second-order valence-electron chi connectivity index (χ2n) is 5.50. The number of hydrogen-bond acceptors (Lipinski definition) is 3. The summed E-state index contributed by atoms with van der Waals surface area (Å²) in [6.07, 6.45) is 1.89. The Morgan fingerprint density at radius 2 is 1.96 bits per heavy atom. The minimum absolute atomic E-state index is 0.153. The SMILES string of the molecule is COc1ccc(/C=N/NC(=O)Cc2cccc3ccccc23)cc1Br. The molecule has 0 bridgehead atoms. The first-order chi connectivity index (χ1) is 12.2. The van der Waals surface area contributed by atoms with Gasteiger partial charge in [0.05, 0.1) is 24.2 Å². The van der Waals surface area contributed by atoms with Crippen molar-refractivity contribution in [1.82, 2.24) is 5.43 Å². The first-order valence-corrected chi connectivity index (χ1v) is 8.59. The Morgan fingerprint density at radius 3 is 2.76 bits per heavy atom. The molecule has 3 aromatic carbocycles. The molecule has 0 radical (unpaired) electrons. The summed E-state index contributed by atoms with van der Waals surface area (Å²) < 4.78 is 6.02. The van der Waals surface area contributed by atoms with Crippen LogP contribution in [0.25, 0.3) is 10.8 Å². The summed E-state index contributed by atoms with van der Waals surface area (Å²) in [4.78, 5) is 12.2. The molecule has 5 heteroatoms. The van der Waals surface area contributed by atoms with E-state index in [1.165, 1.54) is 0 Å². The Balaban J connectivity index is 1.65. The normalized spacial score (nSPS) is 11.0. The zero-order valence-corrected chi connectivity index (χ0v) is 15.3. The van der Waals surface area contributed by atoms with Crippen molar-refractivity contribution in [2.45, 2.75) is 6.42 Å². The van der Waals surface area contributed by atoms with Crippen LogP contribution in [0.4, 0.5) is 0 Å². The lowest BCUT2D eigenvalue weighted by atomic mass is 10.0. The molecule has 0 aliphatic carbocycles. The van der Waals surface area contributed by atoms with Gasteiger partial charge in [-0.3, -0.25) is 4.79 Å². The van der Waals surface area contributed by atoms with Gasteiger partial charge < -0.3 is 4.74 Å². The van der Waals surface area contributed by atoms with Gasteiger partial charge in [-0.05, 0) is 56.0 Å². The van der Waals surface area contributed by atoms with Crippen molar-refractivity contribution >= 4 is 38.8 Å². The number of fused-ring (bicyclic) bond motifs is 1. The molecule has 4 nitrogen and oxygen atoms in total. The lowest BCUT2D eigenvalue weighted by Crippen LogP contribution is -2.19. The number of ether oxygens (including phenoxy) is 1. The van der Waals surface area contributed by atoms with Crippen LogP contribution in [0, 0.1) is 0 Å². The Morgan fingerprint density at radius 1 is 1.16 bits per heavy atom. The molecule has 0 saturated carbocycles. The van der Waals surface area contributed by atoms with Crippen molar-refractivity contribution in [1.29, 1.82) is 0 Å². The maximum atomic E-state index is 12.2. The van der Waals surface area contributed by atoms with E-state index in [1.807, 2.05) is 60.7 Å². The van der Waals surface area contributed by atoms with E-state index in [4.69, 9.17) is 4.74 Å². The first kappa shape index (κ1) is 17.2. The highest BCUT2D eigenvalue weighted by Crippen LogP contribution is 2.24. The molecule has 0 saturated heterocycles. The molecule has 1 amide bonds.